The smallest absolute Gasteiger partial charge is 0.0986 e. The Morgan fingerprint density at radius 1 is 0.900 bits per heavy atom. The van der Waals surface area contributed by atoms with E-state index in [4.69, 9.17) is 4.98 Å². The van der Waals surface area contributed by atoms with Crippen molar-refractivity contribution in [2.75, 3.05) is 57.3 Å². The van der Waals surface area contributed by atoms with Gasteiger partial charge in [0.1, 0.15) is 0 Å². The van der Waals surface area contributed by atoms with Crippen LogP contribution < -0.4 is 4.90 Å². The number of hydrogen-bond donors (Lipinski definition) is 1. The number of benzene rings is 2. The van der Waals surface area contributed by atoms with E-state index in [2.05, 4.69) is 82.1 Å². The lowest BCUT2D eigenvalue weighted by atomic mass is 10.1. The largest absolute Gasteiger partial charge is 0.367 e. The van der Waals surface area contributed by atoms with E-state index in [0.29, 0.717) is 0 Å². The minimum Gasteiger partial charge on any atom is -0.367 e. The lowest BCUT2D eigenvalue weighted by Crippen LogP contribution is -2.48. The molecule has 5 nitrogen and oxygen atoms in total. The van der Waals surface area contributed by atoms with E-state index < -0.39 is 0 Å². The number of likely N-dealkylation sites (N-methyl/N-ethyl adjacent to an activating group) is 1. The van der Waals surface area contributed by atoms with Crippen molar-refractivity contribution in [2.24, 2.45) is 0 Å². The molecule has 4 aromatic rings. The Balaban J connectivity index is 1.48. The molecule has 5 heteroatoms. The Kier molecular flexibility index (Phi) is 5.32. The molecule has 156 valence electrons. The highest BCUT2D eigenvalue weighted by Gasteiger charge is 2.23. The summed E-state index contributed by atoms with van der Waals surface area (Å²) < 4.78 is 0. The standard InChI is InChI=1S/C25H31N5/c1-3-28(4-2)13-14-29-15-17-30(18-16-29)25-20-10-6-8-12-22(20)26-23-19-9-5-7-11-21(19)27-24(23)25/h5-12,27H,3-4,13-18H2,1-2H3. The number of pyridine rings is 1. The summed E-state index contributed by atoms with van der Waals surface area (Å²) in [5.41, 5.74) is 5.81. The van der Waals surface area contributed by atoms with Gasteiger partial charge in [0, 0.05) is 55.6 Å². The molecule has 0 radical (unpaired) electrons. The third-order valence-electron chi connectivity index (χ3n) is 6.62. The number of H-pyrrole nitrogens is 1. The van der Waals surface area contributed by atoms with Gasteiger partial charge in [0.05, 0.1) is 22.2 Å². The highest BCUT2D eigenvalue weighted by Crippen LogP contribution is 2.37. The first kappa shape index (κ1) is 19.3. The van der Waals surface area contributed by atoms with Crippen molar-refractivity contribution in [3.8, 4) is 0 Å². The lowest BCUT2D eigenvalue weighted by molar-refractivity contribution is 0.206. The number of aromatic amines is 1. The van der Waals surface area contributed by atoms with Crippen LogP contribution in [0.4, 0.5) is 5.69 Å². The maximum atomic E-state index is 5.03. The number of fused-ring (bicyclic) bond motifs is 4. The maximum absolute atomic E-state index is 5.03. The zero-order valence-corrected chi connectivity index (χ0v) is 18.1. The molecule has 1 N–H and O–H groups in total. The summed E-state index contributed by atoms with van der Waals surface area (Å²) in [6.07, 6.45) is 0. The second kappa shape index (κ2) is 8.25. The molecule has 2 aromatic heterocycles. The summed E-state index contributed by atoms with van der Waals surface area (Å²) >= 11 is 0. The van der Waals surface area contributed by atoms with Crippen molar-refractivity contribution in [3.63, 3.8) is 0 Å². The van der Waals surface area contributed by atoms with E-state index in [0.717, 1.165) is 68.9 Å². The molecule has 3 heterocycles. The van der Waals surface area contributed by atoms with Crippen LogP contribution in [0, 0.1) is 0 Å². The molecule has 0 amide bonds. The summed E-state index contributed by atoms with van der Waals surface area (Å²) in [6.45, 7) is 13.4. The molecule has 30 heavy (non-hydrogen) atoms. The summed E-state index contributed by atoms with van der Waals surface area (Å²) in [4.78, 5) is 16.4. The SMILES string of the molecule is CCN(CC)CCN1CCN(c2c3ccccc3nc3c2[nH]c2ccccc23)CC1. The fourth-order valence-corrected chi connectivity index (χ4v) is 4.79. The Morgan fingerprint density at radius 2 is 1.60 bits per heavy atom. The molecular formula is C25H31N5. The molecule has 1 saturated heterocycles. The van der Waals surface area contributed by atoms with Crippen molar-refractivity contribution in [3.05, 3.63) is 48.5 Å². The third-order valence-corrected chi connectivity index (χ3v) is 6.62. The zero-order valence-electron chi connectivity index (χ0n) is 18.1. The van der Waals surface area contributed by atoms with Crippen LogP contribution in [-0.4, -0.2) is 72.1 Å². The lowest BCUT2D eigenvalue weighted by Gasteiger charge is -2.37. The maximum Gasteiger partial charge on any atom is 0.0986 e. The van der Waals surface area contributed by atoms with Crippen LogP contribution in [0.25, 0.3) is 32.8 Å². The van der Waals surface area contributed by atoms with Crippen molar-refractivity contribution in [2.45, 2.75) is 13.8 Å². The van der Waals surface area contributed by atoms with Crippen LogP contribution in [0.15, 0.2) is 48.5 Å². The van der Waals surface area contributed by atoms with Crippen molar-refractivity contribution >= 4 is 38.5 Å². The molecule has 0 unspecified atom stereocenters. The molecule has 1 fully saturated rings. The van der Waals surface area contributed by atoms with Crippen molar-refractivity contribution in [1.29, 1.82) is 0 Å². The highest BCUT2D eigenvalue weighted by molar-refractivity contribution is 6.15. The number of nitrogens with zero attached hydrogens (tertiary/aromatic N) is 4. The summed E-state index contributed by atoms with van der Waals surface area (Å²) in [5.74, 6) is 0. The van der Waals surface area contributed by atoms with Gasteiger partial charge in [0.2, 0.25) is 0 Å². The van der Waals surface area contributed by atoms with Gasteiger partial charge < -0.3 is 14.8 Å². The van der Waals surface area contributed by atoms with E-state index in [9.17, 15) is 0 Å². The zero-order chi connectivity index (χ0) is 20.5. The molecular weight excluding hydrogens is 370 g/mol. The Labute approximate surface area is 178 Å². The first-order valence-electron chi connectivity index (χ1n) is 11.3. The van der Waals surface area contributed by atoms with Gasteiger partial charge in [0.15, 0.2) is 0 Å². The van der Waals surface area contributed by atoms with E-state index in [-0.39, 0.29) is 0 Å². The molecule has 2 aromatic carbocycles. The summed E-state index contributed by atoms with van der Waals surface area (Å²) in [6, 6.07) is 17.1. The highest BCUT2D eigenvalue weighted by atomic mass is 15.3. The van der Waals surface area contributed by atoms with Crippen molar-refractivity contribution < 1.29 is 0 Å². The van der Waals surface area contributed by atoms with Gasteiger partial charge in [-0.2, -0.15) is 0 Å². The average Bonchev–Trinajstić information content (AvgIpc) is 3.17. The average molecular weight is 402 g/mol. The van der Waals surface area contributed by atoms with E-state index in [1.54, 1.807) is 0 Å². The molecule has 5 rings (SSSR count). The first-order valence-corrected chi connectivity index (χ1v) is 11.3. The topological polar surface area (TPSA) is 38.4 Å². The van der Waals surface area contributed by atoms with Gasteiger partial charge in [-0.05, 0) is 25.2 Å². The number of anilines is 1. The van der Waals surface area contributed by atoms with E-state index in [1.165, 1.54) is 22.0 Å². The number of piperazine rings is 1. The molecule has 0 bridgehead atoms. The minimum absolute atomic E-state index is 1.05. The summed E-state index contributed by atoms with van der Waals surface area (Å²) in [7, 11) is 0. The van der Waals surface area contributed by atoms with E-state index >= 15 is 0 Å². The third kappa shape index (κ3) is 3.42. The van der Waals surface area contributed by atoms with Crippen LogP contribution >= 0.6 is 0 Å². The minimum atomic E-state index is 1.05. The van der Waals surface area contributed by atoms with Crippen LogP contribution in [0.3, 0.4) is 0 Å². The van der Waals surface area contributed by atoms with Gasteiger partial charge in [-0.3, -0.25) is 4.90 Å². The molecule has 0 saturated carbocycles. The Hall–Kier alpha value is -2.63. The van der Waals surface area contributed by atoms with Crippen LogP contribution in [-0.2, 0) is 0 Å². The monoisotopic (exact) mass is 401 g/mol. The van der Waals surface area contributed by atoms with Crippen LogP contribution in [0.2, 0.25) is 0 Å². The fourth-order valence-electron chi connectivity index (χ4n) is 4.79. The van der Waals surface area contributed by atoms with Crippen molar-refractivity contribution in [1.82, 2.24) is 19.8 Å². The number of aromatic nitrogens is 2. The normalized spacial score (nSPS) is 15.8. The molecule has 1 aliphatic rings. The Bertz CT molecular complexity index is 1150. The van der Waals surface area contributed by atoms with Gasteiger partial charge in [0.25, 0.3) is 0 Å². The van der Waals surface area contributed by atoms with Gasteiger partial charge in [-0.25, -0.2) is 4.98 Å². The first-order chi connectivity index (χ1) is 14.8. The predicted molar refractivity (Wildman–Crippen MR) is 128 cm³/mol. The molecule has 1 aliphatic heterocycles. The van der Waals surface area contributed by atoms with Crippen LogP contribution in [0.1, 0.15) is 13.8 Å². The molecule has 0 atom stereocenters. The van der Waals surface area contributed by atoms with Gasteiger partial charge >= 0.3 is 0 Å². The molecule has 0 aliphatic carbocycles. The quantitative estimate of drug-likeness (QED) is 0.522. The number of para-hydroxylation sites is 2. The van der Waals surface area contributed by atoms with E-state index in [1.807, 2.05) is 0 Å². The predicted octanol–water partition coefficient (Wildman–Crippen LogP) is 4.33. The summed E-state index contributed by atoms with van der Waals surface area (Å²) in [5, 5.41) is 2.45. The fraction of sp³-hybridized carbons (Fsp3) is 0.400. The Morgan fingerprint density at radius 3 is 2.37 bits per heavy atom. The number of rotatable bonds is 6. The van der Waals surface area contributed by atoms with Gasteiger partial charge in [-0.15, -0.1) is 0 Å². The second-order valence-electron chi connectivity index (χ2n) is 8.23. The van der Waals surface area contributed by atoms with Crippen LogP contribution in [0.5, 0.6) is 0 Å². The number of hydrogen-bond acceptors (Lipinski definition) is 4. The second-order valence-corrected chi connectivity index (χ2v) is 8.23. The van der Waals surface area contributed by atoms with Gasteiger partial charge in [-0.1, -0.05) is 50.2 Å². The molecule has 0 spiro atoms. The number of nitrogens with one attached hydrogen (secondary N) is 1.